The third kappa shape index (κ3) is 18.0. The lowest BCUT2D eigenvalue weighted by Gasteiger charge is -2.14. The Labute approximate surface area is 216 Å². The van der Waals surface area contributed by atoms with Crippen LogP contribution >= 0.6 is 11.6 Å². The van der Waals surface area contributed by atoms with Gasteiger partial charge in [0.05, 0.1) is 24.9 Å². The van der Waals surface area contributed by atoms with Gasteiger partial charge in [-0.2, -0.15) is 0 Å². The summed E-state index contributed by atoms with van der Waals surface area (Å²) in [6.07, 6.45) is 33.1. The summed E-state index contributed by atoms with van der Waals surface area (Å²) >= 11 is 6.38. The molecule has 3 nitrogen and oxygen atoms in total. The van der Waals surface area contributed by atoms with Crippen molar-refractivity contribution in [3.63, 3.8) is 0 Å². The predicted molar refractivity (Wildman–Crippen MR) is 149 cm³/mol. The number of nitrogens with two attached hydrogens (primary N) is 1. The van der Waals surface area contributed by atoms with Crippen LogP contribution in [0.15, 0.2) is 23.3 Å². The maximum atomic E-state index is 9.88. The first kappa shape index (κ1) is 31.7. The van der Waals surface area contributed by atoms with Crippen LogP contribution < -0.4 is 5.73 Å². The number of aliphatic hydroxyl groups is 1. The molecule has 0 unspecified atom stereocenters. The summed E-state index contributed by atoms with van der Waals surface area (Å²) in [6, 6.07) is -0.211. The molecule has 3 N–H and O–H groups in total. The van der Waals surface area contributed by atoms with Crippen LogP contribution in [0.2, 0.25) is 0 Å². The zero-order valence-electron chi connectivity index (χ0n) is 22.3. The van der Waals surface area contributed by atoms with Crippen molar-refractivity contribution in [3.8, 4) is 0 Å². The molecule has 0 aromatic rings. The summed E-state index contributed by atoms with van der Waals surface area (Å²) in [5.41, 5.74) is 5.77. The Bertz CT molecular complexity index is 508. The van der Waals surface area contributed by atoms with Crippen LogP contribution in [0.3, 0.4) is 0 Å². The Morgan fingerprint density at radius 3 is 1.88 bits per heavy atom. The number of unbranched alkanes of at least 4 members (excludes halogenated alkanes) is 16. The van der Waals surface area contributed by atoms with Crippen molar-refractivity contribution < 1.29 is 9.84 Å². The van der Waals surface area contributed by atoms with Gasteiger partial charge in [-0.3, -0.25) is 0 Å². The van der Waals surface area contributed by atoms with Crippen LogP contribution in [-0.4, -0.2) is 30.0 Å². The smallest absolute Gasteiger partial charge is 0.0974 e. The number of halogens is 1. The summed E-state index contributed by atoms with van der Waals surface area (Å²) in [7, 11) is 0. The number of hydrogen-bond donors (Lipinski definition) is 2. The van der Waals surface area contributed by atoms with E-state index in [9.17, 15) is 5.11 Å². The van der Waals surface area contributed by atoms with Crippen molar-refractivity contribution in [3.05, 3.63) is 23.3 Å². The average Bonchev–Trinajstić information content (AvgIpc) is 3.15. The molecule has 1 aliphatic rings. The Hall–Kier alpha value is -0.350. The van der Waals surface area contributed by atoms with Crippen molar-refractivity contribution in [1.29, 1.82) is 0 Å². The topological polar surface area (TPSA) is 55.5 Å². The van der Waals surface area contributed by atoms with Crippen molar-refractivity contribution in [1.82, 2.24) is 0 Å². The van der Waals surface area contributed by atoms with Crippen molar-refractivity contribution in [2.24, 2.45) is 5.73 Å². The van der Waals surface area contributed by atoms with Gasteiger partial charge in [0.1, 0.15) is 0 Å². The molecule has 0 saturated carbocycles. The number of rotatable bonds is 23. The molecule has 1 saturated heterocycles. The predicted octanol–water partition coefficient (Wildman–Crippen LogP) is 8.96. The third-order valence-electron chi connectivity index (χ3n) is 7.07. The van der Waals surface area contributed by atoms with Crippen molar-refractivity contribution >= 4 is 11.6 Å². The molecule has 1 aliphatic heterocycles. The molecule has 0 spiro atoms. The standard InChI is InChI=1S/C30H56ClNO2/c1-2-3-4-5-6-7-8-9-10-11-12-13-14-17-20-23-27(31)24-21-18-15-16-19-22-25-29-30(33)28(32)26-34-29/h15,18,23,28-30,33H,2-14,16-17,19-22,24-26,32H2,1H3/b18-15?,27-23-/t28-,29-,30-/m0/s1. The summed E-state index contributed by atoms with van der Waals surface area (Å²) in [5, 5.41) is 10.9. The summed E-state index contributed by atoms with van der Waals surface area (Å²) in [4.78, 5) is 0. The molecule has 0 aromatic carbocycles. The maximum Gasteiger partial charge on any atom is 0.0974 e. The van der Waals surface area contributed by atoms with Gasteiger partial charge in [-0.25, -0.2) is 0 Å². The van der Waals surface area contributed by atoms with Crippen LogP contribution in [0.5, 0.6) is 0 Å². The monoisotopic (exact) mass is 497 g/mol. The number of allylic oxidation sites excluding steroid dienone is 4. The maximum absolute atomic E-state index is 9.88. The minimum atomic E-state index is -0.492. The largest absolute Gasteiger partial charge is 0.389 e. The van der Waals surface area contributed by atoms with E-state index in [0.29, 0.717) is 6.61 Å². The zero-order valence-corrected chi connectivity index (χ0v) is 23.1. The zero-order chi connectivity index (χ0) is 24.7. The van der Waals surface area contributed by atoms with Crippen LogP contribution in [-0.2, 0) is 4.74 Å². The molecule has 0 aromatic heterocycles. The van der Waals surface area contributed by atoms with Crippen LogP contribution in [0, 0.1) is 0 Å². The molecular formula is C30H56ClNO2. The molecule has 0 aliphatic carbocycles. The Morgan fingerprint density at radius 1 is 0.794 bits per heavy atom. The van der Waals surface area contributed by atoms with E-state index in [1.54, 1.807) is 0 Å². The van der Waals surface area contributed by atoms with Gasteiger partial charge in [0.25, 0.3) is 0 Å². The van der Waals surface area contributed by atoms with Crippen LogP contribution in [0.4, 0.5) is 0 Å². The average molecular weight is 498 g/mol. The number of hydrogen-bond acceptors (Lipinski definition) is 3. The highest BCUT2D eigenvalue weighted by Crippen LogP contribution is 2.19. The van der Waals surface area contributed by atoms with Gasteiger partial charge >= 0.3 is 0 Å². The van der Waals surface area contributed by atoms with E-state index >= 15 is 0 Å². The second-order valence-electron chi connectivity index (χ2n) is 10.4. The fourth-order valence-electron chi connectivity index (χ4n) is 4.73. The molecular weight excluding hydrogens is 442 g/mol. The molecule has 200 valence electrons. The minimum absolute atomic E-state index is 0.0670. The van der Waals surface area contributed by atoms with Crippen LogP contribution in [0.1, 0.15) is 142 Å². The molecule has 0 amide bonds. The minimum Gasteiger partial charge on any atom is -0.389 e. The molecule has 0 bridgehead atoms. The molecule has 4 heteroatoms. The molecule has 1 fully saturated rings. The third-order valence-corrected chi connectivity index (χ3v) is 7.42. The molecule has 1 rings (SSSR count). The summed E-state index contributed by atoms with van der Waals surface area (Å²) < 4.78 is 5.53. The van der Waals surface area contributed by atoms with Gasteiger partial charge in [-0.1, -0.05) is 127 Å². The lowest BCUT2D eigenvalue weighted by molar-refractivity contribution is 0.0344. The molecule has 34 heavy (non-hydrogen) atoms. The Kier molecular flexibility index (Phi) is 21.5. The van der Waals surface area contributed by atoms with E-state index in [0.717, 1.165) is 50.0 Å². The molecule has 1 heterocycles. The van der Waals surface area contributed by atoms with Crippen molar-refractivity contribution in [2.45, 2.75) is 160 Å². The highest BCUT2D eigenvalue weighted by molar-refractivity contribution is 6.29. The highest BCUT2D eigenvalue weighted by atomic mass is 35.5. The van der Waals surface area contributed by atoms with E-state index in [1.807, 2.05) is 0 Å². The van der Waals surface area contributed by atoms with E-state index in [2.05, 4.69) is 25.2 Å². The summed E-state index contributed by atoms with van der Waals surface area (Å²) in [5.74, 6) is 0. The first-order valence-electron chi connectivity index (χ1n) is 14.7. The lowest BCUT2D eigenvalue weighted by Crippen LogP contribution is -2.36. The first-order chi connectivity index (χ1) is 16.6. The second-order valence-corrected chi connectivity index (χ2v) is 10.8. The molecule has 3 atom stereocenters. The van der Waals surface area contributed by atoms with Crippen molar-refractivity contribution in [2.75, 3.05) is 6.61 Å². The van der Waals surface area contributed by atoms with E-state index in [4.69, 9.17) is 22.1 Å². The molecule has 0 radical (unpaired) electrons. The Morgan fingerprint density at radius 2 is 1.32 bits per heavy atom. The van der Waals surface area contributed by atoms with Gasteiger partial charge in [-0.15, -0.1) is 0 Å². The van der Waals surface area contributed by atoms with Gasteiger partial charge in [-0.05, 0) is 44.9 Å². The van der Waals surface area contributed by atoms with E-state index in [1.165, 1.54) is 89.9 Å². The highest BCUT2D eigenvalue weighted by Gasteiger charge is 2.32. The Balaban J connectivity index is 1.81. The SMILES string of the molecule is CCCCCCCCCCCCCCCC/C=C(\Cl)CCC=CCCCC[C@@H]1OC[C@H](N)[C@@H]1O. The fourth-order valence-corrected chi connectivity index (χ4v) is 4.94. The van der Waals surface area contributed by atoms with Gasteiger partial charge < -0.3 is 15.6 Å². The fraction of sp³-hybridized carbons (Fsp3) is 0.867. The van der Waals surface area contributed by atoms with E-state index in [-0.39, 0.29) is 12.1 Å². The lowest BCUT2D eigenvalue weighted by atomic mass is 10.0. The first-order valence-corrected chi connectivity index (χ1v) is 15.1. The van der Waals surface area contributed by atoms with Gasteiger partial charge in [0, 0.05) is 5.03 Å². The van der Waals surface area contributed by atoms with Gasteiger partial charge in [0.2, 0.25) is 0 Å². The van der Waals surface area contributed by atoms with Crippen LogP contribution in [0.25, 0.3) is 0 Å². The van der Waals surface area contributed by atoms with Gasteiger partial charge in [0.15, 0.2) is 0 Å². The quantitative estimate of drug-likeness (QED) is 0.109. The summed E-state index contributed by atoms with van der Waals surface area (Å²) in [6.45, 7) is 2.77. The van der Waals surface area contributed by atoms with E-state index < -0.39 is 6.10 Å². The second kappa shape index (κ2) is 23.1. The normalized spacial score (nSPS) is 21.2. The number of ether oxygens (including phenoxy) is 1. The number of aliphatic hydroxyl groups excluding tert-OH is 1.